The minimum absolute atomic E-state index is 0.0519. The third-order valence-corrected chi connectivity index (χ3v) is 6.11. The topological polar surface area (TPSA) is 84.1 Å². The van der Waals surface area contributed by atoms with Crippen molar-refractivity contribution in [3.63, 3.8) is 0 Å². The van der Waals surface area contributed by atoms with Gasteiger partial charge in [0.15, 0.2) is 0 Å². The molecule has 0 bridgehead atoms. The van der Waals surface area contributed by atoms with Crippen molar-refractivity contribution in [1.82, 2.24) is 9.97 Å². The van der Waals surface area contributed by atoms with Gasteiger partial charge in [0, 0.05) is 35.2 Å². The number of aliphatic hydroxyl groups is 1. The third kappa shape index (κ3) is 3.87. The number of hydrogen-bond donors (Lipinski definition) is 3. The van der Waals surface area contributed by atoms with Crippen LogP contribution in [0.25, 0.3) is 10.2 Å². The summed E-state index contributed by atoms with van der Waals surface area (Å²) in [6, 6.07) is 1.80. The van der Waals surface area contributed by atoms with Gasteiger partial charge in [-0.3, -0.25) is 0 Å². The number of fused-ring (bicyclic) bond motifs is 1. The van der Waals surface area contributed by atoms with Crippen molar-refractivity contribution in [3.8, 4) is 0 Å². The summed E-state index contributed by atoms with van der Waals surface area (Å²) in [5, 5.41) is 15.9. The van der Waals surface area contributed by atoms with E-state index >= 15 is 0 Å². The molecule has 0 aliphatic heterocycles. The van der Waals surface area contributed by atoms with Crippen LogP contribution in [0.5, 0.6) is 0 Å². The van der Waals surface area contributed by atoms with Crippen LogP contribution in [0.2, 0.25) is 5.15 Å². The van der Waals surface area contributed by atoms with Crippen molar-refractivity contribution < 1.29 is 5.11 Å². The number of aromatic nitrogens is 2. The van der Waals surface area contributed by atoms with Crippen LogP contribution < -0.4 is 11.1 Å². The van der Waals surface area contributed by atoms with E-state index in [2.05, 4.69) is 15.3 Å². The number of thiazole rings is 1. The number of nitrogens with two attached hydrogens (primary N) is 1. The molecule has 8 heteroatoms. The van der Waals surface area contributed by atoms with Gasteiger partial charge >= 0.3 is 0 Å². The second-order valence-electron chi connectivity index (χ2n) is 5.58. The monoisotopic (exact) mass is 382 g/mol. The van der Waals surface area contributed by atoms with E-state index < -0.39 is 0 Å². The minimum Gasteiger partial charge on any atom is -0.396 e. The fourth-order valence-corrected chi connectivity index (χ4v) is 4.61. The van der Waals surface area contributed by atoms with Crippen LogP contribution in [0.3, 0.4) is 0 Å². The Bertz CT molecular complexity index is 819. The van der Waals surface area contributed by atoms with Crippen molar-refractivity contribution >= 4 is 50.2 Å². The largest absolute Gasteiger partial charge is 0.396 e. The van der Waals surface area contributed by atoms with Crippen LogP contribution in [0.1, 0.15) is 21.9 Å². The van der Waals surface area contributed by atoms with E-state index in [1.165, 1.54) is 4.88 Å². The molecule has 3 aromatic rings. The second-order valence-corrected chi connectivity index (χ2v) is 8.05. The van der Waals surface area contributed by atoms with Gasteiger partial charge in [-0.15, -0.1) is 22.7 Å². The number of rotatable bonds is 7. The standard InChI is InChI=1S/C16H19ClN4OS2/c1-9-12(6-10(18)2-4-22)24-16-11(7-13(17)21-15(9)16)20-8-14-19-3-5-23-14/h3,5,7,10,22H,2,4,6,8,18H2,1H3,(H,20,21)/t10-/m0/s1. The normalized spacial score (nSPS) is 12.7. The SMILES string of the molecule is Cc1c(C[C@@H](N)CCO)sc2c(NCc3nccs3)cc(Cl)nc12. The highest BCUT2D eigenvalue weighted by Crippen LogP contribution is 2.37. The van der Waals surface area contributed by atoms with Crippen LogP contribution in [0.15, 0.2) is 17.6 Å². The van der Waals surface area contributed by atoms with E-state index in [-0.39, 0.29) is 12.6 Å². The van der Waals surface area contributed by atoms with Gasteiger partial charge in [0.05, 0.1) is 22.4 Å². The molecule has 1 atom stereocenters. The summed E-state index contributed by atoms with van der Waals surface area (Å²) < 4.78 is 1.08. The van der Waals surface area contributed by atoms with E-state index in [4.69, 9.17) is 22.4 Å². The lowest BCUT2D eigenvalue weighted by atomic mass is 10.1. The number of aliphatic hydroxyl groups excluding tert-OH is 1. The zero-order chi connectivity index (χ0) is 17.1. The zero-order valence-corrected chi connectivity index (χ0v) is 15.6. The van der Waals surface area contributed by atoms with Gasteiger partial charge < -0.3 is 16.2 Å². The molecule has 4 N–H and O–H groups in total. The molecule has 0 saturated heterocycles. The van der Waals surface area contributed by atoms with Crippen LogP contribution >= 0.6 is 34.3 Å². The molecule has 0 amide bonds. The number of thiophene rings is 1. The van der Waals surface area contributed by atoms with Gasteiger partial charge in [0.25, 0.3) is 0 Å². The first-order valence-electron chi connectivity index (χ1n) is 7.65. The molecule has 0 aliphatic rings. The molecular formula is C16H19ClN4OS2. The number of halogens is 1. The molecule has 0 fully saturated rings. The molecular weight excluding hydrogens is 364 g/mol. The van der Waals surface area contributed by atoms with Gasteiger partial charge in [0.2, 0.25) is 0 Å². The maximum Gasteiger partial charge on any atom is 0.131 e. The molecule has 0 radical (unpaired) electrons. The molecule has 0 aromatic carbocycles. The number of nitrogens with zero attached hydrogens (tertiary/aromatic N) is 2. The molecule has 24 heavy (non-hydrogen) atoms. The molecule has 0 aliphatic carbocycles. The number of aryl methyl sites for hydroxylation is 1. The molecule has 3 aromatic heterocycles. The summed E-state index contributed by atoms with van der Waals surface area (Å²) in [4.78, 5) is 9.97. The van der Waals surface area contributed by atoms with E-state index in [1.807, 2.05) is 18.4 Å². The quantitative estimate of drug-likeness (QED) is 0.544. The van der Waals surface area contributed by atoms with E-state index in [1.54, 1.807) is 28.9 Å². The zero-order valence-electron chi connectivity index (χ0n) is 13.3. The molecule has 0 unspecified atom stereocenters. The summed E-state index contributed by atoms with van der Waals surface area (Å²) in [7, 11) is 0. The first-order valence-corrected chi connectivity index (χ1v) is 9.73. The number of anilines is 1. The fourth-order valence-electron chi connectivity index (χ4n) is 2.53. The van der Waals surface area contributed by atoms with Gasteiger partial charge in [-0.25, -0.2) is 9.97 Å². The van der Waals surface area contributed by atoms with Crippen LogP contribution in [0.4, 0.5) is 5.69 Å². The molecule has 0 saturated carbocycles. The van der Waals surface area contributed by atoms with Crippen molar-refractivity contribution in [2.24, 2.45) is 5.73 Å². The lowest BCUT2D eigenvalue weighted by molar-refractivity contribution is 0.275. The maximum atomic E-state index is 9.04. The predicted molar refractivity (Wildman–Crippen MR) is 102 cm³/mol. The van der Waals surface area contributed by atoms with Crippen LogP contribution in [-0.2, 0) is 13.0 Å². The molecule has 3 rings (SSSR count). The summed E-state index contributed by atoms with van der Waals surface area (Å²) in [6.45, 7) is 2.81. The lowest BCUT2D eigenvalue weighted by Crippen LogP contribution is -2.23. The smallest absolute Gasteiger partial charge is 0.131 e. The van der Waals surface area contributed by atoms with Crippen molar-refractivity contribution in [1.29, 1.82) is 0 Å². The number of pyridine rings is 1. The van der Waals surface area contributed by atoms with Crippen LogP contribution in [0, 0.1) is 6.92 Å². The Morgan fingerprint density at radius 1 is 1.46 bits per heavy atom. The van der Waals surface area contributed by atoms with Gasteiger partial charge in [0.1, 0.15) is 10.2 Å². The van der Waals surface area contributed by atoms with Crippen molar-refractivity contribution in [2.75, 3.05) is 11.9 Å². The summed E-state index contributed by atoms with van der Waals surface area (Å²) in [5.74, 6) is 0. The average Bonchev–Trinajstić information content (AvgIpc) is 3.15. The second kappa shape index (κ2) is 7.76. The number of hydrogen-bond acceptors (Lipinski definition) is 7. The average molecular weight is 383 g/mol. The summed E-state index contributed by atoms with van der Waals surface area (Å²) in [5.41, 5.74) is 9.07. The highest BCUT2D eigenvalue weighted by atomic mass is 35.5. The first-order chi connectivity index (χ1) is 11.6. The van der Waals surface area contributed by atoms with Crippen molar-refractivity contribution in [3.05, 3.63) is 38.2 Å². The lowest BCUT2D eigenvalue weighted by Gasteiger charge is -2.08. The van der Waals surface area contributed by atoms with Gasteiger partial charge in [-0.1, -0.05) is 11.6 Å². The Labute approximate surface area is 153 Å². The Hall–Kier alpha value is -1.25. The predicted octanol–water partition coefficient (Wildman–Crippen LogP) is 3.58. The molecule has 0 spiro atoms. The molecule has 5 nitrogen and oxygen atoms in total. The van der Waals surface area contributed by atoms with Gasteiger partial charge in [-0.2, -0.15) is 0 Å². The summed E-state index contributed by atoms with van der Waals surface area (Å²) >= 11 is 9.51. The Morgan fingerprint density at radius 2 is 2.29 bits per heavy atom. The van der Waals surface area contributed by atoms with E-state index in [9.17, 15) is 0 Å². The summed E-state index contributed by atoms with van der Waals surface area (Å²) in [6.07, 6.45) is 3.13. The fraction of sp³-hybridized carbons (Fsp3) is 0.375. The third-order valence-electron chi connectivity index (χ3n) is 3.80. The van der Waals surface area contributed by atoms with Crippen molar-refractivity contribution in [2.45, 2.75) is 32.4 Å². The van der Waals surface area contributed by atoms with E-state index in [0.29, 0.717) is 18.1 Å². The molecule has 3 heterocycles. The molecule has 128 valence electrons. The maximum absolute atomic E-state index is 9.04. The Kier molecular flexibility index (Phi) is 5.68. The Balaban J connectivity index is 1.91. The minimum atomic E-state index is -0.0519. The number of nitrogens with one attached hydrogen (secondary N) is 1. The highest BCUT2D eigenvalue weighted by molar-refractivity contribution is 7.19. The van der Waals surface area contributed by atoms with E-state index in [0.717, 1.165) is 32.9 Å². The van der Waals surface area contributed by atoms with Gasteiger partial charge in [-0.05, 0) is 25.3 Å². The Morgan fingerprint density at radius 3 is 3.00 bits per heavy atom. The first kappa shape index (κ1) is 17.6. The highest BCUT2D eigenvalue weighted by Gasteiger charge is 2.16. The van der Waals surface area contributed by atoms with Crippen LogP contribution in [-0.4, -0.2) is 27.7 Å².